The lowest BCUT2D eigenvalue weighted by Crippen LogP contribution is -2.37. The first-order valence-electron chi connectivity index (χ1n) is 10.5. The van der Waals surface area contributed by atoms with E-state index < -0.39 is 5.97 Å². The topological polar surface area (TPSA) is 90.5 Å². The second-order valence-corrected chi connectivity index (χ2v) is 8.37. The molecule has 156 valence electrons. The van der Waals surface area contributed by atoms with Gasteiger partial charge in [0.25, 0.3) is 5.91 Å². The summed E-state index contributed by atoms with van der Waals surface area (Å²) in [7, 11) is 0. The Morgan fingerprint density at radius 1 is 1.34 bits per heavy atom. The van der Waals surface area contributed by atoms with E-state index in [0.717, 1.165) is 24.2 Å². The molecule has 0 spiro atoms. The van der Waals surface area contributed by atoms with Crippen molar-refractivity contribution in [1.82, 2.24) is 19.8 Å². The number of rotatable bonds is 7. The molecule has 0 saturated heterocycles. The first-order valence-corrected chi connectivity index (χ1v) is 10.5. The summed E-state index contributed by atoms with van der Waals surface area (Å²) in [5.41, 5.74) is 2.49. The van der Waals surface area contributed by atoms with Gasteiger partial charge in [-0.25, -0.2) is 4.79 Å². The number of carbonyl (C=O) groups excluding carboxylic acids is 2. The highest BCUT2D eigenvalue weighted by molar-refractivity contribution is 5.93. The fourth-order valence-corrected chi connectivity index (χ4v) is 3.80. The van der Waals surface area contributed by atoms with Gasteiger partial charge in [0.15, 0.2) is 11.4 Å². The predicted molar refractivity (Wildman–Crippen MR) is 104 cm³/mol. The van der Waals surface area contributed by atoms with Gasteiger partial charge in [-0.2, -0.15) is 5.10 Å². The summed E-state index contributed by atoms with van der Waals surface area (Å²) in [5.74, 6) is 1.18. The van der Waals surface area contributed by atoms with Crippen LogP contribution >= 0.6 is 0 Å². The predicted octanol–water partition coefficient (Wildman–Crippen LogP) is 2.85. The second kappa shape index (κ2) is 8.00. The highest BCUT2D eigenvalue weighted by atomic mass is 16.5. The van der Waals surface area contributed by atoms with E-state index in [1.54, 1.807) is 17.9 Å². The van der Waals surface area contributed by atoms with Gasteiger partial charge >= 0.3 is 5.97 Å². The second-order valence-electron chi connectivity index (χ2n) is 8.37. The number of carbonyl (C=O) groups is 2. The van der Waals surface area contributed by atoms with Crippen LogP contribution in [0.2, 0.25) is 0 Å². The van der Waals surface area contributed by atoms with Crippen molar-refractivity contribution in [2.45, 2.75) is 59.5 Å². The molecule has 3 heterocycles. The van der Waals surface area contributed by atoms with Gasteiger partial charge in [0, 0.05) is 43.3 Å². The molecule has 1 amide bonds. The zero-order valence-electron chi connectivity index (χ0n) is 17.3. The fraction of sp³-hybridized carbons (Fsp3) is 0.619. The third kappa shape index (κ3) is 4.21. The Morgan fingerprint density at radius 2 is 2.14 bits per heavy atom. The molecule has 0 N–H and O–H groups in total. The molecule has 0 bridgehead atoms. The average Bonchev–Trinajstić information content (AvgIpc) is 3.26. The third-order valence-corrected chi connectivity index (χ3v) is 5.41. The Bertz CT molecular complexity index is 910. The lowest BCUT2D eigenvalue weighted by atomic mass is 10.0. The number of ether oxygens (including phenoxy) is 1. The summed E-state index contributed by atoms with van der Waals surface area (Å²) in [6, 6.07) is 1.72. The van der Waals surface area contributed by atoms with Gasteiger partial charge in [-0.15, -0.1) is 0 Å². The molecule has 8 heteroatoms. The van der Waals surface area contributed by atoms with Crippen LogP contribution in [0.4, 0.5) is 0 Å². The van der Waals surface area contributed by atoms with Crippen LogP contribution in [0.3, 0.4) is 0 Å². The summed E-state index contributed by atoms with van der Waals surface area (Å²) in [6.45, 7) is 7.98. The van der Waals surface area contributed by atoms with E-state index in [1.165, 1.54) is 12.8 Å². The first kappa shape index (κ1) is 19.7. The molecule has 2 aromatic heterocycles. The van der Waals surface area contributed by atoms with Crippen molar-refractivity contribution >= 4 is 11.9 Å². The number of fused-ring (bicyclic) bond motifs is 1. The van der Waals surface area contributed by atoms with E-state index in [9.17, 15) is 9.59 Å². The minimum atomic E-state index is -0.423. The smallest absolute Gasteiger partial charge is 0.359 e. The van der Waals surface area contributed by atoms with Gasteiger partial charge in [0.1, 0.15) is 5.76 Å². The van der Waals surface area contributed by atoms with Crippen LogP contribution in [0.1, 0.15) is 71.6 Å². The molecule has 0 aromatic carbocycles. The van der Waals surface area contributed by atoms with E-state index in [0.29, 0.717) is 55.1 Å². The number of amides is 1. The summed E-state index contributed by atoms with van der Waals surface area (Å²) in [5, 5.41) is 8.53. The molecule has 29 heavy (non-hydrogen) atoms. The van der Waals surface area contributed by atoms with Gasteiger partial charge in [-0.05, 0) is 31.6 Å². The Balaban J connectivity index is 1.56. The molecule has 0 atom stereocenters. The molecular formula is C21H28N4O4. The standard InChI is InChI=1S/C21H28N4O4/c1-4-28-21(27)19-16-12-24(8-7-18(16)25(22-19)11-14-5-6-14)20(26)17-10-15(29-23-17)9-13(2)3/h10,13-14H,4-9,11-12H2,1-3H3. The Morgan fingerprint density at radius 3 is 2.83 bits per heavy atom. The number of hydrogen-bond acceptors (Lipinski definition) is 6. The summed E-state index contributed by atoms with van der Waals surface area (Å²) >= 11 is 0. The number of aromatic nitrogens is 3. The largest absolute Gasteiger partial charge is 0.461 e. The van der Waals surface area contributed by atoms with Crippen LogP contribution < -0.4 is 0 Å². The third-order valence-electron chi connectivity index (χ3n) is 5.41. The minimum absolute atomic E-state index is 0.181. The lowest BCUT2D eigenvalue weighted by Gasteiger charge is -2.27. The number of hydrogen-bond donors (Lipinski definition) is 0. The van der Waals surface area contributed by atoms with Crippen LogP contribution in [-0.4, -0.2) is 44.9 Å². The van der Waals surface area contributed by atoms with Crippen LogP contribution in [0.25, 0.3) is 0 Å². The maximum atomic E-state index is 13.0. The zero-order valence-corrected chi connectivity index (χ0v) is 17.3. The van der Waals surface area contributed by atoms with Crippen molar-refractivity contribution < 1.29 is 18.8 Å². The van der Waals surface area contributed by atoms with Gasteiger partial charge < -0.3 is 14.2 Å². The Labute approximate surface area is 170 Å². The molecular weight excluding hydrogens is 372 g/mol. The van der Waals surface area contributed by atoms with E-state index in [4.69, 9.17) is 9.26 Å². The minimum Gasteiger partial charge on any atom is -0.461 e. The summed E-state index contributed by atoms with van der Waals surface area (Å²) < 4.78 is 12.5. The molecule has 4 rings (SSSR count). The average molecular weight is 400 g/mol. The Kier molecular flexibility index (Phi) is 5.43. The lowest BCUT2D eigenvalue weighted by molar-refractivity contribution is 0.0512. The van der Waals surface area contributed by atoms with Crippen molar-refractivity contribution in [3.63, 3.8) is 0 Å². The van der Waals surface area contributed by atoms with Crippen LogP contribution in [0.15, 0.2) is 10.6 Å². The van der Waals surface area contributed by atoms with Gasteiger partial charge in [0.05, 0.1) is 13.2 Å². The van der Waals surface area contributed by atoms with Gasteiger partial charge in [-0.3, -0.25) is 9.48 Å². The molecule has 0 radical (unpaired) electrons. The van der Waals surface area contributed by atoms with E-state index >= 15 is 0 Å². The van der Waals surface area contributed by atoms with Crippen molar-refractivity contribution in [2.75, 3.05) is 13.2 Å². The zero-order chi connectivity index (χ0) is 20.5. The normalized spacial score (nSPS) is 16.2. The molecule has 2 aromatic rings. The van der Waals surface area contributed by atoms with E-state index in [2.05, 4.69) is 24.1 Å². The monoisotopic (exact) mass is 400 g/mol. The van der Waals surface area contributed by atoms with Gasteiger partial charge in [-0.1, -0.05) is 19.0 Å². The van der Waals surface area contributed by atoms with Crippen molar-refractivity contribution in [3.8, 4) is 0 Å². The van der Waals surface area contributed by atoms with Crippen molar-refractivity contribution in [2.24, 2.45) is 11.8 Å². The molecule has 1 saturated carbocycles. The Hall–Kier alpha value is -2.64. The molecule has 0 unspecified atom stereocenters. The van der Waals surface area contributed by atoms with Crippen molar-refractivity contribution in [3.05, 3.63) is 34.5 Å². The molecule has 1 aliphatic carbocycles. The highest BCUT2D eigenvalue weighted by Gasteiger charge is 2.33. The van der Waals surface area contributed by atoms with E-state index in [1.807, 2.05) is 4.68 Å². The first-order chi connectivity index (χ1) is 14.0. The maximum Gasteiger partial charge on any atom is 0.359 e. The van der Waals surface area contributed by atoms with Crippen molar-refractivity contribution in [1.29, 1.82) is 0 Å². The molecule has 8 nitrogen and oxygen atoms in total. The molecule has 1 aliphatic heterocycles. The van der Waals surface area contributed by atoms with Crippen LogP contribution in [0, 0.1) is 11.8 Å². The quantitative estimate of drug-likeness (QED) is 0.664. The number of esters is 1. The van der Waals surface area contributed by atoms with Crippen LogP contribution in [-0.2, 0) is 30.7 Å². The summed E-state index contributed by atoms with van der Waals surface area (Å²) in [6.07, 6.45) is 3.82. The number of nitrogens with zero attached hydrogens (tertiary/aromatic N) is 4. The van der Waals surface area contributed by atoms with Gasteiger partial charge in [0.2, 0.25) is 0 Å². The summed E-state index contributed by atoms with van der Waals surface area (Å²) in [4.78, 5) is 27.1. The highest BCUT2D eigenvalue weighted by Crippen LogP contribution is 2.33. The molecule has 1 fully saturated rings. The molecule has 2 aliphatic rings. The maximum absolute atomic E-state index is 13.0. The SMILES string of the molecule is CCOC(=O)c1nn(CC2CC2)c2c1CN(C(=O)c1cc(CC(C)C)on1)CC2. The fourth-order valence-electron chi connectivity index (χ4n) is 3.80. The van der Waals surface area contributed by atoms with Crippen LogP contribution in [0.5, 0.6) is 0 Å². The van der Waals surface area contributed by atoms with E-state index in [-0.39, 0.29) is 5.91 Å².